The van der Waals surface area contributed by atoms with Crippen LogP contribution >= 0.6 is 0 Å². The van der Waals surface area contributed by atoms with Gasteiger partial charge in [0.05, 0.1) is 0 Å². The summed E-state index contributed by atoms with van der Waals surface area (Å²) in [6, 6.07) is 2.47. The number of nitrogens with one attached hydrogen (secondary N) is 2. The molecule has 0 saturated carbocycles. The predicted octanol–water partition coefficient (Wildman–Crippen LogP) is 1.73. The monoisotopic (exact) mass is 263 g/mol. The summed E-state index contributed by atoms with van der Waals surface area (Å²) >= 11 is 0. The van der Waals surface area contributed by atoms with E-state index >= 15 is 0 Å². The zero-order valence-corrected chi connectivity index (χ0v) is 12.2. The molecule has 2 N–H and O–H groups in total. The van der Waals surface area contributed by atoms with Gasteiger partial charge in [-0.05, 0) is 38.8 Å². The molecular formula is C14H25N5. The van der Waals surface area contributed by atoms with Gasteiger partial charge in [-0.1, -0.05) is 6.92 Å². The molecule has 2 rings (SSSR count). The number of aromatic nitrogens is 2. The van der Waals surface area contributed by atoms with Gasteiger partial charge >= 0.3 is 0 Å². The van der Waals surface area contributed by atoms with Crippen molar-refractivity contribution in [2.24, 2.45) is 5.92 Å². The fraction of sp³-hybridized carbons (Fsp3) is 0.714. The van der Waals surface area contributed by atoms with Gasteiger partial charge in [0, 0.05) is 25.7 Å². The van der Waals surface area contributed by atoms with Gasteiger partial charge in [-0.25, -0.2) is 9.97 Å². The summed E-state index contributed by atoms with van der Waals surface area (Å²) in [7, 11) is 2.10. The maximum absolute atomic E-state index is 4.37. The van der Waals surface area contributed by atoms with Crippen molar-refractivity contribution in [3.05, 3.63) is 12.4 Å². The van der Waals surface area contributed by atoms with Crippen LogP contribution in [0, 0.1) is 5.92 Å². The highest BCUT2D eigenvalue weighted by Gasteiger charge is 2.17. The minimum atomic E-state index is 0.437. The van der Waals surface area contributed by atoms with Crippen LogP contribution in [0.4, 0.5) is 11.6 Å². The lowest BCUT2D eigenvalue weighted by atomic mass is 10.1. The average Bonchev–Trinajstić information content (AvgIpc) is 2.91. The van der Waals surface area contributed by atoms with Crippen molar-refractivity contribution in [2.45, 2.75) is 32.7 Å². The van der Waals surface area contributed by atoms with E-state index in [1.807, 2.05) is 6.07 Å². The van der Waals surface area contributed by atoms with Crippen molar-refractivity contribution in [3.8, 4) is 0 Å². The third-order valence-electron chi connectivity index (χ3n) is 3.74. The second-order valence-electron chi connectivity index (χ2n) is 5.45. The van der Waals surface area contributed by atoms with Gasteiger partial charge < -0.3 is 15.5 Å². The maximum Gasteiger partial charge on any atom is 0.133 e. The van der Waals surface area contributed by atoms with E-state index in [1.165, 1.54) is 6.42 Å². The molecule has 1 aliphatic rings. The van der Waals surface area contributed by atoms with Crippen molar-refractivity contribution < 1.29 is 0 Å². The zero-order valence-electron chi connectivity index (χ0n) is 12.2. The summed E-state index contributed by atoms with van der Waals surface area (Å²) in [6.45, 7) is 7.64. The molecule has 1 fully saturated rings. The lowest BCUT2D eigenvalue weighted by molar-refractivity contribution is 0.575. The van der Waals surface area contributed by atoms with E-state index in [-0.39, 0.29) is 0 Å². The van der Waals surface area contributed by atoms with Crippen LogP contribution < -0.4 is 15.5 Å². The van der Waals surface area contributed by atoms with Gasteiger partial charge in [0.15, 0.2) is 0 Å². The first kappa shape index (κ1) is 14.1. The summed E-state index contributed by atoms with van der Waals surface area (Å²) in [4.78, 5) is 10.9. The van der Waals surface area contributed by atoms with Crippen LogP contribution in [0.25, 0.3) is 0 Å². The van der Waals surface area contributed by atoms with Gasteiger partial charge in [0.25, 0.3) is 0 Å². The van der Waals surface area contributed by atoms with Crippen molar-refractivity contribution in [1.82, 2.24) is 15.3 Å². The second kappa shape index (κ2) is 6.70. The van der Waals surface area contributed by atoms with Crippen LogP contribution in [-0.4, -0.2) is 42.7 Å². The topological polar surface area (TPSA) is 53.1 Å². The molecule has 0 aliphatic carbocycles. The summed E-state index contributed by atoms with van der Waals surface area (Å²) in [5.74, 6) is 2.63. The van der Waals surface area contributed by atoms with Crippen LogP contribution in [0.5, 0.6) is 0 Å². The largest absolute Gasteiger partial charge is 0.367 e. The predicted molar refractivity (Wildman–Crippen MR) is 79.7 cm³/mol. The number of hydrogen-bond donors (Lipinski definition) is 2. The Morgan fingerprint density at radius 1 is 1.53 bits per heavy atom. The summed E-state index contributed by atoms with van der Waals surface area (Å²) in [5.41, 5.74) is 0. The minimum Gasteiger partial charge on any atom is -0.367 e. The Bertz CT molecular complexity index is 389. The first-order valence-corrected chi connectivity index (χ1v) is 7.19. The average molecular weight is 263 g/mol. The molecule has 0 radical (unpaired) electrons. The highest BCUT2D eigenvalue weighted by atomic mass is 15.2. The summed E-state index contributed by atoms with van der Waals surface area (Å²) in [5, 5.41) is 6.79. The molecule has 19 heavy (non-hydrogen) atoms. The Morgan fingerprint density at radius 3 is 3.05 bits per heavy atom. The van der Waals surface area contributed by atoms with Crippen LogP contribution in [0.1, 0.15) is 26.7 Å². The fourth-order valence-electron chi connectivity index (χ4n) is 2.34. The molecule has 1 saturated heterocycles. The third-order valence-corrected chi connectivity index (χ3v) is 3.74. The van der Waals surface area contributed by atoms with Crippen molar-refractivity contribution >= 4 is 11.6 Å². The molecule has 0 amide bonds. The minimum absolute atomic E-state index is 0.437. The van der Waals surface area contributed by atoms with E-state index in [9.17, 15) is 0 Å². The molecule has 2 unspecified atom stereocenters. The molecule has 2 atom stereocenters. The number of anilines is 2. The van der Waals surface area contributed by atoms with Crippen LogP contribution in [0.15, 0.2) is 12.4 Å². The molecular weight excluding hydrogens is 238 g/mol. The number of nitrogens with zero attached hydrogens (tertiary/aromatic N) is 3. The molecule has 5 heteroatoms. The Morgan fingerprint density at radius 2 is 2.37 bits per heavy atom. The highest BCUT2D eigenvalue weighted by Crippen LogP contribution is 2.17. The standard InChI is InChI=1S/C14H25N5/c1-4-11(2)18-13-7-14(17-10-16-13)19(3)9-12-5-6-15-8-12/h7,10-12,15H,4-6,8-9H2,1-3H3,(H,16,17,18). The Balaban J connectivity index is 1.96. The molecule has 2 heterocycles. The first-order valence-electron chi connectivity index (χ1n) is 7.19. The van der Waals surface area contributed by atoms with Gasteiger partial charge in [0.1, 0.15) is 18.0 Å². The number of rotatable bonds is 6. The first-order chi connectivity index (χ1) is 9.19. The quantitative estimate of drug-likeness (QED) is 0.818. The van der Waals surface area contributed by atoms with E-state index in [0.29, 0.717) is 6.04 Å². The molecule has 0 spiro atoms. The third kappa shape index (κ3) is 4.06. The van der Waals surface area contributed by atoms with E-state index in [2.05, 4.69) is 46.4 Å². The number of hydrogen-bond acceptors (Lipinski definition) is 5. The fourth-order valence-corrected chi connectivity index (χ4v) is 2.34. The van der Waals surface area contributed by atoms with E-state index in [1.54, 1.807) is 6.33 Å². The van der Waals surface area contributed by atoms with Crippen molar-refractivity contribution in [3.63, 3.8) is 0 Å². The second-order valence-corrected chi connectivity index (χ2v) is 5.45. The van der Waals surface area contributed by atoms with Crippen molar-refractivity contribution in [1.29, 1.82) is 0 Å². The summed E-state index contributed by atoms with van der Waals surface area (Å²) in [6.07, 6.45) is 3.99. The zero-order chi connectivity index (χ0) is 13.7. The Hall–Kier alpha value is -1.36. The lowest BCUT2D eigenvalue weighted by Crippen LogP contribution is -2.27. The smallest absolute Gasteiger partial charge is 0.133 e. The Kier molecular flexibility index (Phi) is 4.96. The van der Waals surface area contributed by atoms with Crippen molar-refractivity contribution in [2.75, 3.05) is 36.9 Å². The molecule has 0 bridgehead atoms. The van der Waals surface area contributed by atoms with E-state index < -0.39 is 0 Å². The molecule has 0 aromatic carbocycles. The maximum atomic E-state index is 4.37. The molecule has 1 aromatic rings. The van der Waals surface area contributed by atoms with E-state index in [4.69, 9.17) is 0 Å². The van der Waals surface area contributed by atoms with Gasteiger partial charge in [-0.2, -0.15) is 0 Å². The van der Waals surface area contributed by atoms with Crippen LogP contribution in [-0.2, 0) is 0 Å². The molecule has 1 aliphatic heterocycles. The van der Waals surface area contributed by atoms with Crippen LogP contribution in [0.2, 0.25) is 0 Å². The van der Waals surface area contributed by atoms with E-state index in [0.717, 1.165) is 43.6 Å². The summed E-state index contributed by atoms with van der Waals surface area (Å²) < 4.78 is 0. The molecule has 5 nitrogen and oxygen atoms in total. The Labute approximate surface area is 115 Å². The highest BCUT2D eigenvalue weighted by molar-refractivity contribution is 5.48. The SMILES string of the molecule is CCC(C)Nc1cc(N(C)CC2CCNC2)ncn1. The molecule has 106 valence electrons. The van der Waals surface area contributed by atoms with Crippen LogP contribution in [0.3, 0.4) is 0 Å². The van der Waals surface area contributed by atoms with Gasteiger partial charge in [-0.15, -0.1) is 0 Å². The molecule has 1 aromatic heterocycles. The normalized spacial score (nSPS) is 20.3. The van der Waals surface area contributed by atoms with Gasteiger partial charge in [-0.3, -0.25) is 0 Å². The van der Waals surface area contributed by atoms with Gasteiger partial charge in [0.2, 0.25) is 0 Å². The lowest BCUT2D eigenvalue weighted by Gasteiger charge is -2.22.